The van der Waals surface area contributed by atoms with Gasteiger partial charge in [-0.25, -0.2) is 0 Å². The predicted molar refractivity (Wildman–Crippen MR) is 81.7 cm³/mol. The molecule has 0 aliphatic heterocycles. The lowest BCUT2D eigenvalue weighted by molar-refractivity contribution is 0.288. The van der Waals surface area contributed by atoms with Crippen molar-refractivity contribution >= 4 is 0 Å². The molecule has 1 aromatic rings. The Morgan fingerprint density at radius 1 is 1.21 bits per heavy atom. The first-order chi connectivity index (χ1) is 8.74. The van der Waals surface area contributed by atoms with E-state index in [4.69, 9.17) is 10.5 Å². The van der Waals surface area contributed by atoms with E-state index in [1.807, 2.05) is 0 Å². The van der Waals surface area contributed by atoms with Gasteiger partial charge >= 0.3 is 0 Å². The third-order valence-electron chi connectivity index (χ3n) is 3.65. The topological polar surface area (TPSA) is 38.5 Å². The molecule has 0 amide bonds. The molecule has 0 unspecified atom stereocenters. The zero-order valence-electron chi connectivity index (χ0n) is 13.2. The molecule has 2 N–H and O–H groups in total. The maximum Gasteiger partial charge on any atom is 0.122 e. The number of methoxy groups -OCH3 is 1. The number of nitrogens with two attached hydrogens (primary N) is 1. The third kappa shape index (κ3) is 4.84. The van der Waals surface area contributed by atoms with E-state index in [9.17, 15) is 0 Å². The van der Waals surface area contributed by atoms with Gasteiger partial charge in [0.2, 0.25) is 0 Å². The van der Waals surface area contributed by atoms with Gasteiger partial charge in [-0.1, -0.05) is 6.07 Å². The smallest absolute Gasteiger partial charge is 0.122 e. The van der Waals surface area contributed by atoms with E-state index >= 15 is 0 Å². The molecule has 0 radical (unpaired) electrons. The van der Waals surface area contributed by atoms with Gasteiger partial charge in [-0.2, -0.15) is 0 Å². The summed E-state index contributed by atoms with van der Waals surface area (Å²) in [7, 11) is 3.86. The Labute approximate surface area is 117 Å². The lowest BCUT2D eigenvalue weighted by Gasteiger charge is -2.24. The number of ether oxygens (including phenoxy) is 1. The van der Waals surface area contributed by atoms with Crippen LogP contribution in [0.2, 0.25) is 0 Å². The largest absolute Gasteiger partial charge is 0.496 e. The molecule has 0 saturated heterocycles. The van der Waals surface area contributed by atoms with Crippen LogP contribution in [-0.4, -0.2) is 31.1 Å². The standard InChI is InChI=1S/C16H28N2O/c1-12-13(2)15(19-6)8-7-14(12)11-18(5)10-9-16(3,4)17/h7-8H,9-11,17H2,1-6H3. The second kappa shape index (κ2) is 6.40. The first kappa shape index (κ1) is 16.0. The van der Waals surface area contributed by atoms with Gasteiger partial charge in [0.05, 0.1) is 7.11 Å². The van der Waals surface area contributed by atoms with Crippen molar-refractivity contribution in [2.45, 2.75) is 46.2 Å². The van der Waals surface area contributed by atoms with E-state index in [1.54, 1.807) is 7.11 Å². The number of nitrogens with zero attached hydrogens (tertiary/aromatic N) is 1. The van der Waals surface area contributed by atoms with Gasteiger partial charge < -0.3 is 15.4 Å². The quantitative estimate of drug-likeness (QED) is 0.858. The lowest BCUT2D eigenvalue weighted by Crippen LogP contribution is -2.36. The molecule has 0 atom stereocenters. The van der Waals surface area contributed by atoms with Crippen molar-refractivity contribution < 1.29 is 4.74 Å². The van der Waals surface area contributed by atoms with Crippen molar-refractivity contribution in [2.75, 3.05) is 20.7 Å². The molecule has 19 heavy (non-hydrogen) atoms. The fourth-order valence-electron chi connectivity index (χ4n) is 2.09. The van der Waals surface area contributed by atoms with Crippen molar-refractivity contribution in [3.05, 3.63) is 28.8 Å². The van der Waals surface area contributed by atoms with Crippen LogP contribution in [-0.2, 0) is 6.54 Å². The van der Waals surface area contributed by atoms with Gasteiger partial charge in [0, 0.05) is 12.1 Å². The zero-order valence-corrected chi connectivity index (χ0v) is 13.2. The average molecular weight is 264 g/mol. The van der Waals surface area contributed by atoms with Crippen LogP contribution >= 0.6 is 0 Å². The fraction of sp³-hybridized carbons (Fsp3) is 0.625. The Bertz CT molecular complexity index is 421. The Morgan fingerprint density at radius 3 is 2.37 bits per heavy atom. The van der Waals surface area contributed by atoms with E-state index < -0.39 is 0 Å². The van der Waals surface area contributed by atoms with Gasteiger partial charge in [-0.3, -0.25) is 0 Å². The zero-order chi connectivity index (χ0) is 14.6. The highest BCUT2D eigenvalue weighted by molar-refractivity contribution is 5.43. The lowest BCUT2D eigenvalue weighted by atomic mass is 10.0. The number of hydrogen-bond donors (Lipinski definition) is 1. The van der Waals surface area contributed by atoms with Crippen molar-refractivity contribution in [2.24, 2.45) is 5.73 Å². The molecule has 0 aromatic heterocycles. The molecule has 1 aromatic carbocycles. The summed E-state index contributed by atoms with van der Waals surface area (Å²) >= 11 is 0. The number of rotatable bonds is 6. The Kier molecular flexibility index (Phi) is 5.39. The first-order valence-electron chi connectivity index (χ1n) is 6.85. The second-order valence-corrected chi connectivity index (χ2v) is 6.15. The maximum atomic E-state index is 6.03. The molecular formula is C16H28N2O. The molecule has 0 spiro atoms. The van der Waals surface area contributed by atoms with Gasteiger partial charge in [-0.05, 0) is 70.5 Å². The van der Waals surface area contributed by atoms with Crippen LogP contribution in [0.3, 0.4) is 0 Å². The van der Waals surface area contributed by atoms with Crippen LogP contribution in [0.5, 0.6) is 5.75 Å². The van der Waals surface area contributed by atoms with E-state index in [0.717, 1.165) is 25.3 Å². The molecule has 0 aliphatic carbocycles. The van der Waals surface area contributed by atoms with Gasteiger partial charge in [0.15, 0.2) is 0 Å². The molecule has 1 rings (SSSR count). The SMILES string of the molecule is COc1ccc(CN(C)CCC(C)(C)N)c(C)c1C. The molecule has 0 heterocycles. The van der Waals surface area contributed by atoms with Crippen LogP contribution in [0, 0.1) is 13.8 Å². The van der Waals surface area contributed by atoms with Gasteiger partial charge in [0.1, 0.15) is 5.75 Å². The highest BCUT2D eigenvalue weighted by Gasteiger charge is 2.13. The average Bonchev–Trinajstić information content (AvgIpc) is 2.32. The third-order valence-corrected chi connectivity index (χ3v) is 3.65. The molecule has 0 bridgehead atoms. The minimum atomic E-state index is -0.0981. The fourth-order valence-corrected chi connectivity index (χ4v) is 2.09. The van der Waals surface area contributed by atoms with Crippen LogP contribution < -0.4 is 10.5 Å². The summed E-state index contributed by atoms with van der Waals surface area (Å²) in [5.41, 5.74) is 9.83. The van der Waals surface area contributed by atoms with E-state index in [2.05, 4.69) is 51.8 Å². The first-order valence-corrected chi connectivity index (χ1v) is 6.85. The predicted octanol–water partition coefficient (Wildman–Crippen LogP) is 2.87. The molecule has 3 heteroatoms. The van der Waals surface area contributed by atoms with Gasteiger partial charge in [-0.15, -0.1) is 0 Å². The van der Waals surface area contributed by atoms with Crippen LogP contribution in [0.1, 0.15) is 37.0 Å². The molecule has 3 nitrogen and oxygen atoms in total. The summed E-state index contributed by atoms with van der Waals surface area (Å²) in [6.45, 7) is 10.4. The molecule has 0 saturated carbocycles. The summed E-state index contributed by atoms with van der Waals surface area (Å²) in [4.78, 5) is 2.32. The van der Waals surface area contributed by atoms with E-state index in [1.165, 1.54) is 16.7 Å². The summed E-state index contributed by atoms with van der Waals surface area (Å²) in [6.07, 6.45) is 0.998. The Morgan fingerprint density at radius 2 is 1.84 bits per heavy atom. The summed E-state index contributed by atoms with van der Waals surface area (Å²) in [6, 6.07) is 4.21. The number of benzene rings is 1. The summed E-state index contributed by atoms with van der Waals surface area (Å²) < 4.78 is 5.35. The highest BCUT2D eigenvalue weighted by Crippen LogP contribution is 2.24. The minimum Gasteiger partial charge on any atom is -0.496 e. The van der Waals surface area contributed by atoms with Crippen molar-refractivity contribution in [3.63, 3.8) is 0 Å². The van der Waals surface area contributed by atoms with Gasteiger partial charge in [0.25, 0.3) is 0 Å². The van der Waals surface area contributed by atoms with Crippen LogP contribution in [0.4, 0.5) is 0 Å². The van der Waals surface area contributed by atoms with Crippen LogP contribution in [0.15, 0.2) is 12.1 Å². The second-order valence-electron chi connectivity index (χ2n) is 6.15. The minimum absolute atomic E-state index is 0.0981. The molecule has 0 aliphatic rings. The van der Waals surface area contributed by atoms with E-state index in [0.29, 0.717) is 0 Å². The Balaban J connectivity index is 2.70. The highest BCUT2D eigenvalue weighted by atomic mass is 16.5. The molecular weight excluding hydrogens is 236 g/mol. The normalized spacial score (nSPS) is 12.0. The number of hydrogen-bond acceptors (Lipinski definition) is 3. The van der Waals surface area contributed by atoms with Crippen LogP contribution in [0.25, 0.3) is 0 Å². The van der Waals surface area contributed by atoms with Crippen molar-refractivity contribution in [1.82, 2.24) is 4.90 Å². The summed E-state index contributed by atoms with van der Waals surface area (Å²) in [5, 5.41) is 0. The molecule has 108 valence electrons. The van der Waals surface area contributed by atoms with Crippen molar-refractivity contribution in [3.8, 4) is 5.75 Å². The monoisotopic (exact) mass is 264 g/mol. The molecule has 0 fully saturated rings. The Hall–Kier alpha value is -1.06. The van der Waals surface area contributed by atoms with Crippen molar-refractivity contribution in [1.29, 1.82) is 0 Å². The van der Waals surface area contributed by atoms with E-state index in [-0.39, 0.29) is 5.54 Å². The maximum absolute atomic E-state index is 6.03. The summed E-state index contributed by atoms with van der Waals surface area (Å²) in [5.74, 6) is 0.965.